The highest BCUT2D eigenvalue weighted by molar-refractivity contribution is 8.14. The van der Waals surface area contributed by atoms with Crippen molar-refractivity contribution in [3.8, 4) is 0 Å². The summed E-state index contributed by atoms with van der Waals surface area (Å²) in [6.07, 6.45) is 0. The second-order valence-corrected chi connectivity index (χ2v) is 6.23. The maximum Gasteiger partial charge on any atom is 0.341 e. The summed E-state index contributed by atoms with van der Waals surface area (Å²) in [6.45, 7) is 6.97. The molecule has 0 bridgehead atoms. The molecule has 1 rings (SSSR count). The molecule has 6 nitrogen and oxygen atoms in total. The highest BCUT2D eigenvalue weighted by Gasteiger charge is 2.47. The highest BCUT2D eigenvalue weighted by atomic mass is 32.2. The summed E-state index contributed by atoms with van der Waals surface area (Å²) in [7, 11) is 0. The molecule has 1 aliphatic rings. The average molecular weight is 258 g/mol. The van der Waals surface area contributed by atoms with Crippen LogP contribution in [-0.2, 0) is 9.59 Å². The smallest absolute Gasteiger partial charge is 0.263 e. The van der Waals surface area contributed by atoms with E-state index in [4.69, 9.17) is 0 Å². The molecule has 1 aliphatic heterocycles. The van der Waals surface area contributed by atoms with Crippen molar-refractivity contribution in [2.45, 2.75) is 32.4 Å². The van der Waals surface area contributed by atoms with Gasteiger partial charge in [0.25, 0.3) is 5.24 Å². The lowest BCUT2D eigenvalue weighted by molar-refractivity contribution is -0.142. The van der Waals surface area contributed by atoms with E-state index in [0.29, 0.717) is 4.90 Å². The number of likely N-dealkylation sites (N-methyl/N-ethyl adjacent to an activating group) is 1. The predicted octanol–water partition coefficient (Wildman–Crippen LogP) is 1.45. The minimum Gasteiger partial charge on any atom is -0.263 e. The predicted molar refractivity (Wildman–Crippen MR) is 62.4 cm³/mol. The van der Waals surface area contributed by atoms with Crippen LogP contribution in [0.2, 0.25) is 0 Å². The summed E-state index contributed by atoms with van der Waals surface area (Å²) >= 11 is 0.843. The molecule has 0 spiro atoms. The van der Waals surface area contributed by atoms with Crippen LogP contribution in [-0.4, -0.2) is 44.2 Å². The number of carbonyl (C=O) groups is 4. The Hall–Kier alpha value is -1.37. The van der Waals surface area contributed by atoms with Crippen LogP contribution in [0, 0.1) is 0 Å². The minimum absolute atomic E-state index is 0.0768. The molecule has 0 unspecified atom stereocenters. The molecule has 1 saturated heterocycles. The fourth-order valence-electron chi connectivity index (χ4n) is 1.25. The van der Waals surface area contributed by atoms with Gasteiger partial charge in [0.15, 0.2) is 0 Å². The summed E-state index contributed by atoms with van der Waals surface area (Å²) < 4.78 is -0.430. The summed E-state index contributed by atoms with van der Waals surface area (Å²) in [6, 6.07) is -0.857. The van der Waals surface area contributed by atoms with Gasteiger partial charge < -0.3 is 0 Å². The Kier molecular flexibility index (Phi) is 3.61. The summed E-state index contributed by atoms with van der Waals surface area (Å²) in [5.74, 6) is -2.01. The van der Waals surface area contributed by atoms with Crippen LogP contribution in [0.15, 0.2) is 0 Å². The van der Waals surface area contributed by atoms with Crippen molar-refractivity contribution >= 4 is 34.8 Å². The molecule has 0 N–H and O–H groups in total. The van der Waals surface area contributed by atoms with Crippen LogP contribution in [0.3, 0.4) is 0 Å². The maximum absolute atomic E-state index is 11.8. The lowest BCUT2D eigenvalue weighted by Crippen LogP contribution is -2.37. The molecule has 0 aromatic heterocycles. The highest BCUT2D eigenvalue weighted by Crippen LogP contribution is 2.28. The first kappa shape index (κ1) is 13.7. The standard InChI is InChI=1S/C10H14N2O4S/c1-5-11-6(13)7(14)12(8(11)15)9(16)17-10(2,3)4/h5H2,1-4H3. The van der Waals surface area contributed by atoms with Gasteiger partial charge in [-0.15, -0.1) is 0 Å². The topological polar surface area (TPSA) is 74.8 Å². The van der Waals surface area contributed by atoms with Crippen molar-refractivity contribution in [2.24, 2.45) is 0 Å². The Labute approximate surface area is 103 Å². The molecule has 7 heteroatoms. The van der Waals surface area contributed by atoms with E-state index >= 15 is 0 Å². The number of urea groups is 1. The Bertz CT molecular complexity index is 400. The molecule has 94 valence electrons. The number of hydrogen-bond donors (Lipinski definition) is 0. The van der Waals surface area contributed by atoms with Crippen molar-refractivity contribution in [3.05, 3.63) is 0 Å². The third-order valence-corrected chi connectivity index (χ3v) is 2.92. The van der Waals surface area contributed by atoms with Crippen LogP contribution in [0.5, 0.6) is 0 Å². The molecule has 0 aromatic rings. The monoisotopic (exact) mass is 258 g/mol. The first-order valence-corrected chi connectivity index (χ1v) is 5.93. The third kappa shape index (κ3) is 2.66. The van der Waals surface area contributed by atoms with Gasteiger partial charge >= 0.3 is 17.8 Å². The minimum atomic E-state index is -1.07. The van der Waals surface area contributed by atoms with Gasteiger partial charge in [0, 0.05) is 11.3 Å². The van der Waals surface area contributed by atoms with Crippen LogP contribution >= 0.6 is 11.8 Å². The molecule has 0 aromatic carbocycles. The van der Waals surface area contributed by atoms with Gasteiger partial charge in [-0.2, -0.15) is 4.90 Å². The Morgan fingerprint density at radius 3 is 2.06 bits per heavy atom. The van der Waals surface area contributed by atoms with Crippen LogP contribution < -0.4 is 0 Å². The first-order valence-electron chi connectivity index (χ1n) is 5.12. The number of nitrogens with zero attached hydrogens (tertiary/aromatic N) is 2. The largest absolute Gasteiger partial charge is 0.341 e. The zero-order chi connectivity index (χ0) is 13.4. The quantitative estimate of drug-likeness (QED) is 0.525. The molecule has 17 heavy (non-hydrogen) atoms. The van der Waals surface area contributed by atoms with Crippen molar-refractivity contribution in [2.75, 3.05) is 6.54 Å². The lowest BCUT2D eigenvalue weighted by Gasteiger charge is -2.19. The van der Waals surface area contributed by atoms with Crippen LogP contribution in [0.1, 0.15) is 27.7 Å². The zero-order valence-corrected chi connectivity index (χ0v) is 11.0. The van der Waals surface area contributed by atoms with Gasteiger partial charge in [0.2, 0.25) is 0 Å². The van der Waals surface area contributed by atoms with Crippen LogP contribution in [0.4, 0.5) is 9.59 Å². The van der Waals surface area contributed by atoms with E-state index in [1.165, 1.54) is 0 Å². The van der Waals surface area contributed by atoms with Crippen molar-refractivity contribution in [1.82, 2.24) is 9.80 Å². The van der Waals surface area contributed by atoms with Crippen molar-refractivity contribution < 1.29 is 19.2 Å². The number of thioether (sulfide) groups is 1. The normalized spacial score (nSPS) is 17.1. The molecular weight excluding hydrogens is 244 g/mol. The number of carbonyl (C=O) groups excluding carboxylic acids is 4. The Morgan fingerprint density at radius 2 is 1.71 bits per heavy atom. The average Bonchev–Trinajstić information content (AvgIpc) is 2.35. The van der Waals surface area contributed by atoms with Crippen LogP contribution in [0.25, 0.3) is 0 Å². The number of rotatable bonds is 1. The van der Waals surface area contributed by atoms with Gasteiger partial charge in [-0.1, -0.05) is 32.5 Å². The van der Waals surface area contributed by atoms with E-state index in [9.17, 15) is 19.2 Å². The van der Waals surface area contributed by atoms with E-state index < -0.39 is 27.8 Å². The fourth-order valence-corrected chi connectivity index (χ4v) is 2.03. The van der Waals surface area contributed by atoms with Gasteiger partial charge in [-0.25, -0.2) is 4.79 Å². The second kappa shape index (κ2) is 4.48. The zero-order valence-electron chi connectivity index (χ0n) is 10.1. The Balaban J connectivity index is 2.93. The summed E-state index contributed by atoms with van der Waals surface area (Å²) in [5.41, 5.74) is 0. The number of amides is 5. The van der Waals surface area contributed by atoms with Crippen molar-refractivity contribution in [3.63, 3.8) is 0 Å². The fraction of sp³-hybridized carbons (Fsp3) is 0.600. The number of imide groups is 4. The molecule has 5 amide bonds. The summed E-state index contributed by atoms with van der Waals surface area (Å²) in [4.78, 5) is 47.4. The second-order valence-electron chi connectivity index (χ2n) is 4.45. The molecule has 1 heterocycles. The van der Waals surface area contributed by atoms with E-state index in [1.54, 1.807) is 27.7 Å². The molecule has 0 saturated carbocycles. The molecular formula is C10H14N2O4S. The maximum atomic E-state index is 11.8. The van der Waals surface area contributed by atoms with E-state index in [1.807, 2.05) is 0 Å². The SMILES string of the molecule is CCN1C(=O)C(=O)N(C(=O)SC(C)(C)C)C1=O. The van der Waals surface area contributed by atoms with E-state index in [2.05, 4.69) is 0 Å². The molecule has 1 fully saturated rings. The molecule has 0 radical (unpaired) electrons. The van der Waals surface area contributed by atoms with Crippen molar-refractivity contribution in [1.29, 1.82) is 0 Å². The molecule has 0 atom stereocenters. The number of hydrogen-bond acceptors (Lipinski definition) is 5. The van der Waals surface area contributed by atoms with E-state index in [0.717, 1.165) is 16.7 Å². The Morgan fingerprint density at radius 1 is 1.18 bits per heavy atom. The molecule has 0 aliphatic carbocycles. The lowest BCUT2D eigenvalue weighted by atomic mass is 10.3. The third-order valence-electron chi connectivity index (χ3n) is 1.95. The first-order chi connectivity index (χ1) is 7.69. The van der Waals surface area contributed by atoms with E-state index in [-0.39, 0.29) is 6.54 Å². The van der Waals surface area contributed by atoms with Gasteiger partial charge in [0.05, 0.1) is 0 Å². The van der Waals surface area contributed by atoms with Gasteiger partial charge in [0.1, 0.15) is 0 Å². The van der Waals surface area contributed by atoms with Gasteiger partial charge in [-0.05, 0) is 6.92 Å². The van der Waals surface area contributed by atoms with Gasteiger partial charge in [-0.3, -0.25) is 19.3 Å². The summed E-state index contributed by atoms with van der Waals surface area (Å²) in [5, 5.41) is -0.711.